The molecule has 0 aliphatic rings. The molecule has 0 fully saturated rings. The van der Waals surface area contributed by atoms with Gasteiger partial charge in [-0.1, -0.05) is 12.1 Å². The monoisotopic (exact) mass is 319 g/mol. The minimum absolute atomic E-state index is 0.680. The fourth-order valence-corrected chi connectivity index (χ4v) is 2.71. The van der Waals surface area contributed by atoms with Gasteiger partial charge < -0.3 is 4.98 Å². The van der Waals surface area contributed by atoms with E-state index in [4.69, 9.17) is 12.2 Å². The Morgan fingerprint density at radius 2 is 2.17 bits per heavy atom. The third kappa shape index (κ3) is 1.79. The number of imidazole rings is 1. The zero-order valence-corrected chi connectivity index (χ0v) is 12.0. The van der Waals surface area contributed by atoms with Gasteiger partial charge in [0.25, 0.3) is 0 Å². The SMILES string of the molecule is Cc1cccc2c1[nH]c(=S)n2-c1cncc(Br)c1. The van der Waals surface area contributed by atoms with Gasteiger partial charge in [0.1, 0.15) is 0 Å². The Bertz CT molecular complexity index is 788. The first-order valence-corrected chi connectivity index (χ1v) is 6.68. The summed E-state index contributed by atoms with van der Waals surface area (Å²) in [5.41, 5.74) is 4.27. The molecule has 2 aromatic heterocycles. The third-order valence-electron chi connectivity index (χ3n) is 2.88. The Hall–Kier alpha value is -1.46. The molecule has 0 bridgehead atoms. The Kier molecular flexibility index (Phi) is 2.80. The second kappa shape index (κ2) is 4.33. The van der Waals surface area contributed by atoms with Gasteiger partial charge in [-0.3, -0.25) is 9.55 Å². The van der Waals surface area contributed by atoms with E-state index in [1.807, 2.05) is 16.7 Å². The van der Waals surface area contributed by atoms with Crippen molar-refractivity contribution >= 4 is 39.2 Å². The molecule has 3 rings (SSSR count). The number of benzene rings is 1. The van der Waals surface area contributed by atoms with Crippen LogP contribution in [0.15, 0.2) is 41.1 Å². The van der Waals surface area contributed by atoms with Crippen molar-refractivity contribution in [3.63, 3.8) is 0 Å². The lowest BCUT2D eigenvalue weighted by molar-refractivity contribution is 1.04. The van der Waals surface area contributed by atoms with Crippen LogP contribution in [0.5, 0.6) is 0 Å². The van der Waals surface area contributed by atoms with Crippen LogP contribution in [0.4, 0.5) is 0 Å². The standard InChI is InChI=1S/C13H10BrN3S/c1-8-3-2-4-11-12(8)16-13(18)17(11)10-5-9(14)6-15-7-10/h2-7H,1H3,(H,16,18). The lowest BCUT2D eigenvalue weighted by Crippen LogP contribution is -1.94. The molecule has 5 heteroatoms. The predicted octanol–water partition coefficient (Wildman–Crippen LogP) is 4.15. The summed E-state index contributed by atoms with van der Waals surface area (Å²) >= 11 is 8.83. The average molecular weight is 320 g/mol. The van der Waals surface area contributed by atoms with Gasteiger partial charge in [0.2, 0.25) is 0 Å². The normalized spacial score (nSPS) is 11.0. The number of rotatable bonds is 1. The van der Waals surface area contributed by atoms with Crippen molar-refractivity contribution in [2.75, 3.05) is 0 Å². The quantitative estimate of drug-likeness (QED) is 0.683. The minimum atomic E-state index is 0.680. The molecule has 0 unspecified atom stereocenters. The first-order valence-electron chi connectivity index (χ1n) is 5.48. The number of pyridine rings is 1. The maximum absolute atomic E-state index is 5.40. The molecule has 0 aliphatic carbocycles. The first kappa shape index (κ1) is 11.6. The van der Waals surface area contributed by atoms with Crippen LogP contribution < -0.4 is 0 Å². The van der Waals surface area contributed by atoms with E-state index in [0.717, 1.165) is 21.2 Å². The lowest BCUT2D eigenvalue weighted by Gasteiger charge is -2.04. The molecule has 0 saturated carbocycles. The van der Waals surface area contributed by atoms with Crippen LogP contribution in [-0.2, 0) is 0 Å². The van der Waals surface area contributed by atoms with Crippen LogP contribution in [-0.4, -0.2) is 14.5 Å². The summed E-state index contributed by atoms with van der Waals surface area (Å²) in [5.74, 6) is 0. The molecule has 0 spiro atoms. The largest absolute Gasteiger partial charge is 0.330 e. The number of H-pyrrole nitrogens is 1. The molecule has 0 saturated heterocycles. The van der Waals surface area contributed by atoms with Crippen LogP contribution in [0.1, 0.15) is 5.56 Å². The van der Waals surface area contributed by atoms with Crippen molar-refractivity contribution in [2.45, 2.75) is 6.92 Å². The first-order chi connectivity index (χ1) is 8.66. The van der Waals surface area contributed by atoms with Crippen LogP contribution in [0.25, 0.3) is 16.7 Å². The van der Waals surface area contributed by atoms with Crippen molar-refractivity contribution < 1.29 is 0 Å². The number of fused-ring (bicyclic) bond motifs is 1. The molecule has 3 aromatic rings. The molecule has 2 heterocycles. The van der Waals surface area contributed by atoms with Crippen molar-refractivity contribution in [1.82, 2.24) is 14.5 Å². The summed E-state index contributed by atoms with van der Waals surface area (Å²) in [6.45, 7) is 2.07. The molecule has 18 heavy (non-hydrogen) atoms. The number of aryl methyl sites for hydroxylation is 1. The number of nitrogens with one attached hydrogen (secondary N) is 1. The summed E-state index contributed by atoms with van der Waals surface area (Å²) in [5, 5.41) is 0. The van der Waals surface area contributed by atoms with Gasteiger partial charge in [-0.25, -0.2) is 0 Å². The van der Waals surface area contributed by atoms with Crippen LogP contribution in [0.3, 0.4) is 0 Å². The van der Waals surface area contributed by atoms with Crippen molar-refractivity contribution in [3.05, 3.63) is 51.5 Å². The maximum atomic E-state index is 5.40. The van der Waals surface area contributed by atoms with E-state index >= 15 is 0 Å². The number of aromatic amines is 1. The van der Waals surface area contributed by atoms with Crippen molar-refractivity contribution in [3.8, 4) is 5.69 Å². The Morgan fingerprint density at radius 1 is 1.33 bits per heavy atom. The van der Waals surface area contributed by atoms with E-state index in [9.17, 15) is 0 Å². The molecule has 0 radical (unpaired) electrons. The molecular formula is C13H10BrN3S. The molecule has 90 valence electrons. The average Bonchev–Trinajstić information content (AvgIpc) is 2.67. The summed E-state index contributed by atoms with van der Waals surface area (Å²) in [7, 11) is 0. The third-order valence-corrected chi connectivity index (χ3v) is 3.59. The predicted molar refractivity (Wildman–Crippen MR) is 78.7 cm³/mol. The van der Waals surface area contributed by atoms with Crippen LogP contribution in [0, 0.1) is 11.7 Å². The van der Waals surface area contributed by atoms with Gasteiger partial charge in [0.05, 0.1) is 22.9 Å². The molecule has 3 nitrogen and oxygen atoms in total. The summed E-state index contributed by atoms with van der Waals surface area (Å²) in [6.07, 6.45) is 3.56. The second-order valence-electron chi connectivity index (χ2n) is 4.10. The fraction of sp³-hybridized carbons (Fsp3) is 0.0769. The number of hydrogen-bond donors (Lipinski definition) is 1. The highest BCUT2D eigenvalue weighted by Gasteiger charge is 2.08. The summed E-state index contributed by atoms with van der Waals surface area (Å²) in [4.78, 5) is 7.43. The second-order valence-corrected chi connectivity index (χ2v) is 5.40. The van der Waals surface area contributed by atoms with Crippen LogP contribution >= 0.6 is 28.1 Å². The fourth-order valence-electron chi connectivity index (χ4n) is 2.05. The van der Waals surface area contributed by atoms with E-state index in [0.29, 0.717) is 4.77 Å². The van der Waals surface area contributed by atoms with E-state index in [1.54, 1.807) is 12.4 Å². The van der Waals surface area contributed by atoms with Crippen LogP contribution in [0.2, 0.25) is 0 Å². The number of hydrogen-bond acceptors (Lipinski definition) is 2. The minimum Gasteiger partial charge on any atom is -0.330 e. The van der Waals surface area contributed by atoms with Gasteiger partial charge in [-0.2, -0.15) is 0 Å². The summed E-state index contributed by atoms with van der Waals surface area (Å²) in [6, 6.07) is 8.15. The highest BCUT2D eigenvalue weighted by atomic mass is 79.9. The molecular weight excluding hydrogens is 310 g/mol. The van der Waals surface area contributed by atoms with Gasteiger partial charge in [-0.15, -0.1) is 0 Å². The van der Waals surface area contributed by atoms with Gasteiger partial charge in [0, 0.05) is 10.7 Å². The molecule has 0 amide bonds. The smallest absolute Gasteiger partial charge is 0.182 e. The molecule has 1 N–H and O–H groups in total. The summed E-state index contributed by atoms with van der Waals surface area (Å²) < 4.78 is 3.61. The van der Waals surface area contributed by atoms with Crippen molar-refractivity contribution in [1.29, 1.82) is 0 Å². The molecule has 0 aliphatic heterocycles. The lowest BCUT2D eigenvalue weighted by atomic mass is 10.2. The number of para-hydroxylation sites is 1. The molecule has 1 aromatic carbocycles. The number of halogens is 1. The van der Waals surface area contributed by atoms with Crippen molar-refractivity contribution in [2.24, 2.45) is 0 Å². The maximum Gasteiger partial charge on any atom is 0.182 e. The van der Waals surface area contributed by atoms with Gasteiger partial charge in [-0.05, 0) is 52.8 Å². The topological polar surface area (TPSA) is 33.6 Å². The van der Waals surface area contributed by atoms with E-state index in [1.165, 1.54) is 5.56 Å². The Balaban J connectivity index is 2.39. The number of nitrogens with zero attached hydrogens (tertiary/aromatic N) is 2. The number of aromatic nitrogens is 3. The van der Waals surface area contributed by atoms with Gasteiger partial charge >= 0.3 is 0 Å². The zero-order chi connectivity index (χ0) is 12.7. The molecule has 0 atom stereocenters. The Morgan fingerprint density at radius 3 is 2.94 bits per heavy atom. The van der Waals surface area contributed by atoms with Gasteiger partial charge in [0.15, 0.2) is 4.77 Å². The van der Waals surface area contributed by atoms with E-state index < -0.39 is 0 Å². The Labute approximate surface area is 118 Å². The highest BCUT2D eigenvalue weighted by Crippen LogP contribution is 2.23. The van der Waals surface area contributed by atoms with E-state index in [-0.39, 0.29) is 0 Å². The zero-order valence-electron chi connectivity index (χ0n) is 9.64. The highest BCUT2D eigenvalue weighted by molar-refractivity contribution is 9.10. The van der Waals surface area contributed by atoms with E-state index in [2.05, 4.69) is 45.0 Å².